The lowest BCUT2D eigenvalue weighted by Gasteiger charge is -2.31. The summed E-state index contributed by atoms with van der Waals surface area (Å²) in [6, 6.07) is 8.76. The van der Waals surface area contributed by atoms with Crippen molar-refractivity contribution in [1.82, 2.24) is 15.1 Å². The Kier molecular flexibility index (Phi) is 5.19. The molecule has 31 heavy (non-hydrogen) atoms. The Balaban J connectivity index is 1.27. The number of piperidine rings is 2. The van der Waals surface area contributed by atoms with E-state index in [1.807, 2.05) is 17.4 Å². The molecule has 160 valence electrons. The Hall–Kier alpha value is -2.84. The van der Waals surface area contributed by atoms with Crippen molar-refractivity contribution in [2.75, 3.05) is 13.1 Å². The van der Waals surface area contributed by atoms with Crippen LogP contribution in [0.3, 0.4) is 0 Å². The monoisotopic (exact) mass is 437 g/mol. The molecule has 1 aromatic heterocycles. The van der Waals surface area contributed by atoms with Gasteiger partial charge < -0.3 is 0 Å². The fraction of sp³-hybridized carbons (Fsp3) is 0.391. The third-order valence-corrected chi connectivity index (χ3v) is 7.48. The van der Waals surface area contributed by atoms with Crippen LogP contribution in [0, 0.1) is 0 Å². The molecule has 4 heterocycles. The van der Waals surface area contributed by atoms with Gasteiger partial charge in [0.15, 0.2) is 0 Å². The first-order valence-electron chi connectivity index (χ1n) is 10.6. The average Bonchev–Trinajstić information content (AvgIpc) is 3.37. The van der Waals surface area contributed by atoms with Crippen LogP contribution in [-0.2, 0) is 16.1 Å². The summed E-state index contributed by atoms with van der Waals surface area (Å²) in [5.74, 6) is -1.24. The molecule has 1 aromatic carbocycles. The summed E-state index contributed by atoms with van der Waals surface area (Å²) in [6.45, 7) is 2.72. The first kappa shape index (κ1) is 20.1. The molecule has 1 N–H and O–H groups in total. The Morgan fingerprint density at radius 3 is 2.45 bits per heavy atom. The Bertz CT molecular complexity index is 1060. The van der Waals surface area contributed by atoms with Crippen molar-refractivity contribution in [2.24, 2.45) is 0 Å². The van der Waals surface area contributed by atoms with Gasteiger partial charge in [-0.2, -0.15) is 0 Å². The zero-order valence-electron chi connectivity index (χ0n) is 17.0. The highest BCUT2D eigenvalue weighted by molar-refractivity contribution is 7.10. The maximum absolute atomic E-state index is 13.0. The highest BCUT2D eigenvalue weighted by Gasteiger charge is 2.44. The molecule has 0 radical (unpaired) electrons. The van der Waals surface area contributed by atoms with E-state index in [0.29, 0.717) is 17.0 Å². The SMILES string of the molecule is O=C1CCC(N2C(=O)c3ccc(CN4CCC(c5cccs5)CC4)cc3C2=O)C(=O)N1. The minimum absolute atomic E-state index is 0.122. The number of hydrogen-bond donors (Lipinski definition) is 1. The van der Waals surface area contributed by atoms with Gasteiger partial charge >= 0.3 is 0 Å². The highest BCUT2D eigenvalue weighted by atomic mass is 32.1. The lowest BCUT2D eigenvalue weighted by Crippen LogP contribution is -2.54. The zero-order valence-corrected chi connectivity index (χ0v) is 17.8. The van der Waals surface area contributed by atoms with Crippen LogP contribution < -0.4 is 5.32 Å². The van der Waals surface area contributed by atoms with E-state index in [1.165, 1.54) is 4.88 Å². The standard InChI is InChI=1S/C23H23N3O4S/c27-20-6-5-18(21(28)24-20)26-22(29)16-4-3-14(12-17(16)23(26)30)13-25-9-7-15(8-10-25)19-2-1-11-31-19/h1-4,11-12,15,18H,5-10,13H2,(H,24,27,28). The number of rotatable bonds is 4. The van der Waals surface area contributed by atoms with E-state index in [-0.39, 0.29) is 18.7 Å². The van der Waals surface area contributed by atoms with Crippen LogP contribution >= 0.6 is 11.3 Å². The van der Waals surface area contributed by atoms with Gasteiger partial charge in [0.05, 0.1) is 11.1 Å². The van der Waals surface area contributed by atoms with E-state index in [2.05, 4.69) is 27.7 Å². The number of fused-ring (bicyclic) bond motifs is 1. The maximum atomic E-state index is 13.0. The Morgan fingerprint density at radius 1 is 0.968 bits per heavy atom. The summed E-state index contributed by atoms with van der Waals surface area (Å²) < 4.78 is 0. The predicted molar refractivity (Wildman–Crippen MR) is 115 cm³/mol. The topological polar surface area (TPSA) is 86.8 Å². The number of carbonyl (C=O) groups is 4. The lowest BCUT2D eigenvalue weighted by molar-refractivity contribution is -0.136. The number of hydrogen-bond acceptors (Lipinski definition) is 6. The minimum Gasteiger partial charge on any atom is -0.299 e. The van der Waals surface area contributed by atoms with Gasteiger partial charge in [-0.05, 0) is 67.4 Å². The molecule has 0 bridgehead atoms. The van der Waals surface area contributed by atoms with Crippen molar-refractivity contribution in [3.63, 3.8) is 0 Å². The number of nitrogens with one attached hydrogen (secondary N) is 1. The Labute approximate surface area is 184 Å². The van der Waals surface area contributed by atoms with Crippen molar-refractivity contribution in [3.8, 4) is 0 Å². The summed E-state index contributed by atoms with van der Waals surface area (Å²) in [7, 11) is 0. The van der Waals surface area contributed by atoms with Crippen LogP contribution in [-0.4, -0.2) is 52.6 Å². The van der Waals surface area contributed by atoms with Crippen LogP contribution in [0.2, 0.25) is 0 Å². The Morgan fingerprint density at radius 2 is 1.74 bits per heavy atom. The molecule has 3 aliphatic heterocycles. The first-order valence-corrected chi connectivity index (χ1v) is 11.5. The van der Waals surface area contributed by atoms with Gasteiger partial charge in [-0.15, -0.1) is 11.3 Å². The number of benzene rings is 1. The molecule has 2 saturated heterocycles. The fourth-order valence-electron chi connectivity index (χ4n) is 4.77. The number of likely N-dealkylation sites (tertiary alicyclic amines) is 1. The summed E-state index contributed by atoms with van der Waals surface area (Å²) in [4.78, 5) is 54.2. The first-order chi connectivity index (χ1) is 15.0. The molecule has 7 nitrogen and oxygen atoms in total. The summed E-state index contributed by atoms with van der Waals surface area (Å²) in [5, 5.41) is 4.35. The number of nitrogens with zero attached hydrogens (tertiary/aromatic N) is 2. The van der Waals surface area contributed by atoms with Crippen molar-refractivity contribution in [2.45, 2.75) is 44.2 Å². The van der Waals surface area contributed by atoms with Crippen LogP contribution in [0.15, 0.2) is 35.7 Å². The van der Waals surface area contributed by atoms with Crippen LogP contribution in [0.25, 0.3) is 0 Å². The molecule has 3 aliphatic rings. The molecular formula is C23H23N3O4S. The van der Waals surface area contributed by atoms with Gasteiger partial charge in [-0.1, -0.05) is 12.1 Å². The minimum atomic E-state index is -0.926. The van der Waals surface area contributed by atoms with Crippen molar-refractivity contribution >= 4 is 35.0 Å². The molecule has 1 atom stereocenters. The maximum Gasteiger partial charge on any atom is 0.262 e. The number of imide groups is 2. The second kappa shape index (κ2) is 8.01. The molecule has 8 heteroatoms. The smallest absolute Gasteiger partial charge is 0.262 e. The van der Waals surface area contributed by atoms with E-state index in [0.717, 1.165) is 42.9 Å². The van der Waals surface area contributed by atoms with Gasteiger partial charge in [-0.25, -0.2) is 0 Å². The van der Waals surface area contributed by atoms with Gasteiger partial charge in [0, 0.05) is 17.8 Å². The van der Waals surface area contributed by atoms with Crippen LogP contribution in [0.4, 0.5) is 0 Å². The number of thiophene rings is 1. The van der Waals surface area contributed by atoms with Gasteiger partial charge in [0.1, 0.15) is 6.04 Å². The van der Waals surface area contributed by atoms with Gasteiger partial charge in [-0.3, -0.25) is 34.3 Å². The fourth-order valence-corrected chi connectivity index (χ4v) is 5.67. The number of carbonyl (C=O) groups excluding carboxylic acids is 4. The quantitative estimate of drug-likeness (QED) is 0.743. The molecule has 1 unspecified atom stereocenters. The molecule has 2 fully saturated rings. The summed E-state index contributed by atoms with van der Waals surface area (Å²) >= 11 is 1.82. The second-order valence-corrected chi connectivity index (χ2v) is 9.37. The van der Waals surface area contributed by atoms with Crippen molar-refractivity contribution in [3.05, 3.63) is 57.3 Å². The average molecular weight is 438 g/mol. The largest absolute Gasteiger partial charge is 0.299 e. The molecule has 0 aliphatic carbocycles. The second-order valence-electron chi connectivity index (χ2n) is 8.39. The zero-order chi connectivity index (χ0) is 21.5. The van der Waals surface area contributed by atoms with E-state index in [1.54, 1.807) is 12.1 Å². The molecule has 0 saturated carbocycles. The number of amides is 4. The van der Waals surface area contributed by atoms with E-state index < -0.39 is 23.8 Å². The molecule has 2 aromatic rings. The molecule has 0 spiro atoms. The van der Waals surface area contributed by atoms with Crippen LogP contribution in [0.1, 0.15) is 62.8 Å². The van der Waals surface area contributed by atoms with Crippen molar-refractivity contribution in [1.29, 1.82) is 0 Å². The van der Waals surface area contributed by atoms with Gasteiger partial charge in [0.25, 0.3) is 11.8 Å². The third kappa shape index (κ3) is 3.70. The predicted octanol–water partition coefficient (Wildman–Crippen LogP) is 2.53. The summed E-state index contributed by atoms with van der Waals surface area (Å²) in [5.41, 5.74) is 1.66. The van der Waals surface area contributed by atoms with E-state index in [4.69, 9.17) is 0 Å². The van der Waals surface area contributed by atoms with Crippen molar-refractivity contribution < 1.29 is 19.2 Å². The normalized spacial score (nSPS) is 22.7. The third-order valence-electron chi connectivity index (χ3n) is 6.44. The molecular weight excluding hydrogens is 414 g/mol. The van der Waals surface area contributed by atoms with E-state index >= 15 is 0 Å². The van der Waals surface area contributed by atoms with Crippen LogP contribution in [0.5, 0.6) is 0 Å². The van der Waals surface area contributed by atoms with E-state index in [9.17, 15) is 19.2 Å². The van der Waals surface area contributed by atoms with Gasteiger partial charge in [0.2, 0.25) is 11.8 Å². The lowest BCUT2D eigenvalue weighted by atomic mass is 9.95. The molecule has 4 amide bonds. The summed E-state index contributed by atoms with van der Waals surface area (Å²) in [6.07, 6.45) is 2.52. The highest BCUT2D eigenvalue weighted by Crippen LogP contribution is 2.32. The molecule has 5 rings (SSSR count).